The molecule has 0 atom stereocenters. The second-order valence-corrected chi connectivity index (χ2v) is 2.50. The number of rotatable bonds is 4. The quantitative estimate of drug-likeness (QED) is 0.739. The Kier molecular flexibility index (Phi) is 3.57. The number of hydrogen-bond donors (Lipinski definition) is 1. The van der Waals surface area contributed by atoms with Crippen LogP contribution in [-0.4, -0.2) is 34.8 Å². The zero-order valence-electron chi connectivity index (χ0n) is 7.44. The molecule has 0 fully saturated rings. The van der Waals surface area contributed by atoms with E-state index in [1.54, 1.807) is 4.90 Å². The van der Waals surface area contributed by atoms with E-state index in [0.29, 0.717) is 19.0 Å². The van der Waals surface area contributed by atoms with Gasteiger partial charge in [0.15, 0.2) is 5.82 Å². The molecule has 0 bridgehead atoms. The molecule has 0 aromatic carbocycles. The Morgan fingerprint density at radius 2 is 2.08 bits per heavy atom. The van der Waals surface area contributed by atoms with Crippen LogP contribution in [0.5, 0.6) is 0 Å². The number of likely N-dealkylation sites (N-methyl/N-ethyl adjacent to an activating group) is 1. The second-order valence-electron chi connectivity index (χ2n) is 2.50. The largest absolute Gasteiger partial charge is 0.395 e. The van der Waals surface area contributed by atoms with Gasteiger partial charge in [-0.3, -0.25) is 0 Å². The number of halogens is 1. The summed E-state index contributed by atoms with van der Waals surface area (Å²) >= 11 is 0. The molecule has 0 aliphatic rings. The highest BCUT2D eigenvalue weighted by atomic mass is 19.1. The smallest absolute Gasteiger partial charge is 0.225 e. The number of hydrogen-bond acceptors (Lipinski definition) is 4. The lowest BCUT2D eigenvalue weighted by Gasteiger charge is -2.18. The highest BCUT2D eigenvalue weighted by Gasteiger charge is 2.05. The van der Waals surface area contributed by atoms with E-state index in [1.807, 2.05) is 6.92 Å². The fourth-order valence-corrected chi connectivity index (χ4v) is 0.989. The van der Waals surface area contributed by atoms with Crippen molar-refractivity contribution in [3.8, 4) is 0 Å². The minimum atomic E-state index is -0.455. The number of aromatic nitrogens is 2. The zero-order valence-corrected chi connectivity index (χ0v) is 7.44. The normalized spacial score (nSPS) is 10.1. The molecule has 1 N–H and O–H groups in total. The summed E-state index contributed by atoms with van der Waals surface area (Å²) in [6, 6.07) is 0. The Bertz CT molecular complexity index is 252. The number of nitrogens with zero attached hydrogens (tertiary/aromatic N) is 3. The molecule has 0 amide bonds. The molecule has 5 heteroatoms. The van der Waals surface area contributed by atoms with Crippen molar-refractivity contribution in [2.45, 2.75) is 6.92 Å². The van der Waals surface area contributed by atoms with Crippen LogP contribution in [0.3, 0.4) is 0 Å². The molecular weight excluding hydrogens is 173 g/mol. The van der Waals surface area contributed by atoms with Gasteiger partial charge in [-0.2, -0.15) is 0 Å². The molecule has 0 aliphatic heterocycles. The monoisotopic (exact) mass is 185 g/mol. The first-order chi connectivity index (χ1) is 6.27. The van der Waals surface area contributed by atoms with Gasteiger partial charge in [0.1, 0.15) is 0 Å². The topological polar surface area (TPSA) is 49.2 Å². The van der Waals surface area contributed by atoms with Gasteiger partial charge in [0, 0.05) is 13.1 Å². The summed E-state index contributed by atoms with van der Waals surface area (Å²) in [5.74, 6) is -0.0123. The Morgan fingerprint density at radius 1 is 1.46 bits per heavy atom. The summed E-state index contributed by atoms with van der Waals surface area (Å²) in [5, 5.41) is 8.71. The number of anilines is 1. The van der Waals surface area contributed by atoms with E-state index in [-0.39, 0.29) is 6.61 Å². The van der Waals surface area contributed by atoms with Crippen molar-refractivity contribution in [3.63, 3.8) is 0 Å². The first kappa shape index (κ1) is 9.85. The van der Waals surface area contributed by atoms with Gasteiger partial charge in [-0.25, -0.2) is 14.4 Å². The van der Waals surface area contributed by atoms with Gasteiger partial charge in [0.2, 0.25) is 5.95 Å². The van der Waals surface area contributed by atoms with Crippen LogP contribution < -0.4 is 4.90 Å². The van der Waals surface area contributed by atoms with Crippen LogP contribution in [0, 0.1) is 5.82 Å². The van der Waals surface area contributed by atoms with Crippen molar-refractivity contribution in [2.24, 2.45) is 0 Å². The Labute approximate surface area is 76.1 Å². The number of aliphatic hydroxyl groups is 1. The lowest BCUT2D eigenvalue weighted by Crippen LogP contribution is -2.27. The third-order valence-electron chi connectivity index (χ3n) is 1.64. The van der Waals surface area contributed by atoms with Crippen molar-refractivity contribution >= 4 is 5.95 Å². The SMILES string of the molecule is CCN(CCO)c1ncc(F)cn1. The fourth-order valence-electron chi connectivity index (χ4n) is 0.989. The first-order valence-corrected chi connectivity index (χ1v) is 4.11. The van der Waals surface area contributed by atoms with Crippen molar-refractivity contribution in [1.29, 1.82) is 0 Å². The lowest BCUT2D eigenvalue weighted by molar-refractivity contribution is 0.301. The van der Waals surface area contributed by atoms with E-state index >= 15 is 0 Å². The molecule has 0 saturated carbocycles. The van der Waals surface area contributed by atoms with E-state index in [4.69, 9.17) is 5.11 Å². The highest BCUT2D eigenvalue weighted by molar-refractivity contribution is 5.27. The van der Waals surface area contributed by atoms with Crippen LogP contribution in [0.2, 0.25) is 0 Å². The summed E-state index contributed by atoms with van der Waals surface area (Å²) < 4.78 is 12.4. The van der Waals surface area contributed by atoms with Crippen LogP contribution in [0.1, 0.15) is 6.92 Å². The molecule has 1 aromatic heterocycles. The summed E-state index contributed by atoms with van der Waals surface area (Å²) in [5.41, 5.74) is 0. The van der Waals surface area contributed by atoms with E-state index in [1.165, 1.54) is 0 Å². The Balaban J connectivity index is 2.73. The molecule has 13 heavy (non-hydrogen) atoms. The molecule has 1 heterocycles. The van der Waals surface area contributed by atoms with Gasteiger partial charge >= 0.3 is 0 Å². The minimum absolute atomic E-state index is 0.0363. The maximum Gasteiger partial charge on any atom is 0.225 e. The maximum absolute atomic E-state index is 12.4. The summed E-state index contributed by atoms with van der Waals surface area (Å²) in [7, 11) is 0. The zero-order chi connectivity index (χ0) is 9.68. The molecular formula is C8H12FN3O. The molecule has 0 radical (unpaired) electrons. The summed E-state index contributed by atoms with van der Waals surface area (Å²) in [4.78, 5) is 9.36. The van der Waals surface area contributed by atoms with Gasteiger partial charge < -0.3 is 10.0 Å². The standard InChI is InChI=1S/C8H12FN3O/c1-2-12(3-4-13)8-10-5-7(9)6-11-8/h5-6,13H,2-4H2,1H3. The van der Waals surface area contributed by atoms with Crippen LogP contribution in [-0.2, 0) is 0 Å². The van der Waals surface area contributed by atoms with Crippen molar-refractivity contribution in [1.82, 2.24) is 9.97 Å². The molecule has 1 aromatic rings. The molecule has 0 spiro atoms. The second kappa shape index (κ2) is 4.71. The van der Waals surface area contributed by atoms with Crippen LogP contribution in [0.4, 0.5) is 10.3 Å². The third kappa shape index (κ3) is 2.62. The van der Waals surface area contributed by atoms with Gasteiger partial charge in [-0.1, -0.05) is 0 Å². The molecule has 4 nitrogen and oxygen atoms in total. The Hall–Kier alpha value is -1.23. The van der Waals surface area contributed by atoms with E-state index in [0.717, 1.165) is 12.4 Å². The molecule has 72 valence electrons. The summed E-state index contributed by atoms with van der Waals surface area (Å²) in [6.45, 7) is 3.10. The van der Waals surface area contributed by atoms with Gasteiger partial charge in [0.25, 0.3) is 0 Å². The van der Waals surface area contributed by atoms with Crippen LogP contribution >= 0.6 is 0 Å². The van der Waals surface area contributed by atoms with Crippen molar-refractivity contribution < 1.29 is 9.50 Å². The van der Waals surface area contributed by atoms with E-state index in [9.17, 15) is 4.39 Å². The molecule has 1 rings (SSSR count). The van der Waals surface area contributed by atoms with Crippen molar-refractivity contribution in [3.05, 3.63) is 18.2 Å². The fraction of sp³-hybridized carbons (Fsp3) is 0.500. The molecule has 0 aliphatic carbocycles. The summed E-state index contributed by atoms with van der Waals surface area (Å²) in [6.07, 6.45) is 2.23. The maximum atomic E-state index is 12.4. The third-order valence-corrected chi connectivity index (χ3v) is 1.64. The predicted octanol–water partition coefficient (Wildman–Crippen LogP) is 0.434. The highest BCUT2D eigenvalue weighted by Crippen LogP contribution is 2.04. The Morgan fingerprint density at radius 3 is 2.54 bits per heavy atom. The predicted molar refractivity (Wildman–Crippen MR) is 47.0 cm³/mol. The van der Waals surface area contributed by atoms with Gasteiger partial charge in [-0.05, 0) is 6.92 Å². The average Bonchev–Trinajstić information content (AvgIpc) is 2.16. The lowest BCUT2D eigenvalue weighted by atomic mass is 10.5. The van der Waals surface area contributed by atoms with Gasteiger partial charge in [0.05, 0.1) is 19.0 Å². The first-order valence-electron chi connectivity index (χ1n) is 4.11. The van der Waals surface area contributed by atoms with Crippen LogP contribution in [0.25, 0.3) is 0 Å². The minimum Gasteiger partial charge on any atom is -0.395 e. The van der Waals surface area contributed by atoms with Gasteiger partial charge in [-0.15, -0.1) is 0 Å². The molecule has 0 saturated heterocycles. The van der Waals surface area contributed by atoms with E-state index < -0.39 is 5.82 Å². The van der Waals surface area contributed by atoms with Crippen LogP contribution in [0.15, 0.2) is 12.4 Å². The number of aliphatic hydroxyl groups excluding tert-OH is 1. The molecule has 0 unspecified atom stereocenters. The van der Waals surface area contributed by atoms with E-state index in [2.05, 4.69) is 9.97 Å². The van der Waals surface area contributed by atoms with Crippen molar-refractivity contribution in [2.75, 3.05) is 24.6 Å². The average molecular weight is 185 g/mol.